The average Bonchev–Trinajstić information content (AvgIpc) is 2.61. The van der Waals surface area contributed by atoms with Gasteiger partial charge in [-0.15, -0.1) is 0 Å². The van der Waals surface area contributed by atoms with Gasteiger partial charge in [0.2, 0.25) is 0 Å². The number of benzene rings is 2. The largest absolute Gasteiger partial charge is 0.393 e. The summed E-state index contributed by atoms with van der Waals surface area (Å²) in [6.07, 6.45) is 3.23. The van der Waals surface area contributed by atoms with Crippen LogP contribution in [0.4, 0.5) is 0 Å². The molecule has 1 aliphatic rings. The Morgan fingerprint density at radius 1 is 1.09 bits per heavy atom. The molecule has 3 heteroatoms. The van der Waals surface area contributed by atoms with Crippen LogP contribution in [0.3, 0.4) is 0 Å². The molecule has 2 unspecified atom stereocenters. The van der Waals surface area contributed by atoms with Gasteiger partial charge < -0.3 is 10.4 Å². The smallest absolute Gasteiger partial charge is 0.251 e. The number of carbonyl (C=O) groups is 1. The van der Waals surface area contributed by atoms with Gasteiger partial charge in [-0.1, -0.05) is 48.5 Å². The summed E-state index contributed by atoms with van der Waals surface area (Å²) in [4.78, 5) is 12.4. The van der Waals surface area contributed by atoms with E-state index in [1.54, 1.807) is 0 Å². The molecule has 0 aromatic heterocycles. The first-order chi connectivity index (χ1) is 11.2. The molecule has 1 aliphatic carbocycles. The normalized spacial score (nSPS) is 24.1. The van der Waals surface area contributed by atoms with Crippen LogP contribution in [0.1, 0.15) is 41.6 Å². The molecule has 2 atom stereocenters. The van der Waals surface area contributed by atoms with E-state index in [-0.39, 0.29) is 17.4 Å². The average molecular weight is 309 g/mol. The highest BCUT2D eigenvalue weighted by Crippen LogP contribution is 2.39. The van der Waals surface area contributed by atoms with E-state index in [0.717, 1.165) is 19.3 Å². The number of hydrogen-bond donors (Lipinski definition) is 2. The van der Waals surface area contributed by atoms with Crippen molar-refractivity contribution in [1.82, 2.24) is 5.32 Å². The number of aliphatic hydroxyl groups excluding tert-OH is 1. The van der Waals surface area contributed by atoms with E-state index >= 15 is 0 Å². The number of hydrogen-bond acceptors (Lipinski definition) is 2. The topological polar surface area (TPSA) is 49.3 Å². The molecule has 2 aromatic carbocycles. The molecule has 2 aromatic rings. The van der Waals surface area contributed by atoms with E-state index in [0.29, 0.717) is 18.5 Å². The fraction of sp³-hybridized carbons (Fsp3) is 0.350. The Balaban J connectivity index is 1.78. The van der Waals surface area contributed by atoms with Gasteiger partial charge in [-0.3, -0.25) is 4.79 Å². The Labute approximate surface area is 137 Å². The van der Waals surface area contributed by atoms with E-state index < -0.39 is 0 Å². The molecule has 0 aliphatic heterocycles. The van der Waals surface area contributed by atoms with Gasteiger partial charge in [-0.05, 0) is 43.4 Å². The fourth-order valence-electron chi connectivity index (χ4n) is 3.59. The van der Waals surface area contributed by atoms with Gasteiger partial charge in [0.1, 0.15) is 0 Å². The quantitative estimate of drug-likeness (QED) is 0.910. The molecule has 0 bridgehead atoms. The van der Waals surface area contributed by atoms with Crippen molar-refractivity contribution in [3.8, 4) is 0 Å². The molecule has 0 radical (unpaired) electrons. The first kappa shape index (κ1) is 15.8. The van der Waals surface area contributed by atoms with Crippen molar-refractivity contribution in [3.05, 3.63) is 71.8 Å². The van der Waals surface area contributed by atoms with Gasteiger partial charge >= 0.3 is 0 Å². The summed E-state index contributed by atoms with van der Waals surface area (Å²) in [6, 6.07) is 19.5. The summed E-state index contributed by atoms with van der Waals surface area (Å²) in [6.45, 7) is 0.557. The number of aliphatic hydroxyl groups is 1. The lowest BCUT2D eigenvalue weighted by molar-refractivity contribution is 0.0772. The third kappa shape index (κ3) is 3.62. The van der Waals surface area contributed by atoms with Crippen molar-refractivity contribution >= 4 is 5.91 Å². The van der Waals surface area contributed by atoms with Crippen LogP contribution in [0, 0.1) is 0 Å². The Kier molecular flexibility index (Phi) is 4.77. The van der Waals surface area contributed by atoms with Gasteiger partial charge in [-0.2, -0.15) is 0 Å². The Morgan fingerprint density at radius 2 is 1.74 bits per heavy atom. The van der Waals surface area contributed by atoms with E-state index in [4.69, 9.17) is 0 Å². The van der Waals surface area contributed by atoms with Crippen LogP contribution in [-0.2, 0) is 5.41 Å². The van der Waals surface area contributed by atoms with E-state index in [1.165, 1.54) is 5.56 Å². The molecule has 120 valence electrons. The minimum absolute atomic E-state index is 0.0547. The van der Waals surface area contributed by atoms with Gasteiger partial charge in [-0.25, -0.2) is 0 Å². The van der Waals surface area contributed by atoms with Crippen LogP contribution in [0.15, 0.2) is 60.7 Å². The molecule has 23 heavy (non-hydrogen) atoms. The second kappa shape index (κ2) is 6.97. The molecular formula is C20H23NO2. The third-order valence-corrected chi connectivity index (χ3v) is 4.83. The minimum Gasteiger partial charge on any atom is -0.393 e. The van der Waals surface area contributed by atoms with Crippen LogP contribution in [0.5, 0.6) is 0 Å². The summed E-state index contributed by atoms with van der Waals surface area (Å²) in [5, 5.41) is 13.3. The van der Waals surface area contributed by atoms with Crippen molar-refractivity contribution in [2.75, 3.05) is 6.54 Å². The van der Waals surface area contributed by atoms with Crippen LogP contribution < -0.4 is 5.32 Å². The molecule has 2 N–H and O–H groups in total. The maximum Gasteiger partial charge on any atom is 0.251 e. The molecule has 0 heterocycles. The van der Waals surface area contributed by atoms with Gasteiger partial charge in [0, 0.05) is 17.5 Å². The van der Waals surface area contributed by atoms with Crippen molar-refractivity contribution < 1.29 is 9.90 Å². The first-order valence-electron chi connectivity index (χ1n) is 8.26. The molecule has 3 rings (SSSR count). The van der Waals surface area contributed by atoms with Crippen LogP contribution >= 0.6 is 0 Å². The zero-order chi connectivity index (χ0) is 16.1. The highest BCUT2D eigenvalue weighted by Gasteiger charge is 2.37. The summed E-state index contributed by atoms with van der Waals surface area (Å²) in [5.74, 6) is -0.0547. The minimum atomic E-state index is -0.294. The number of amides is 1. The van der Waals surface area contributed by atoms with Crippen LogP contribution in [0.25, 0.3) is 0 Å². The van der Waals surface area contributed by atoms with E-state index in [2.05, 4.69) is 17.4 Å². The van der Waals surface area contributed by atoms with Crippen molar-refractivity contribution in [2.45, 2.75) is 37.2 Å². The van der Waals surface area contributed by atoms with Crippen LogP contribution in [0.2, 0.25) is 0 Å². The van der Waals surface area contributed by atoms with Crippen molar-refractivity contribution in [1.29, 1.82) is 0 Å². The van der Waals surface area contributed by atoms with E-state index in [9.17, 15) is 9.90 Å². The monoisotopic (exact) mass is 309 g/mol. The molecule has 0 saturated heterocycles. The number of carbonyl (C=O) groups excluding carboxylic acids is 1. The first-order valence-corrected chi connectivity index (χ1v) is 8.26. The van der Waals surface area contributed by atoms with Crippen molar-refractivity contribution in [3.63, 3.8) is 0 Å². The van der Waals surface area contributed by atoms with Gasteiger partial charge in [0.05, 0.1) is 6.10 Å². The Hall–Kier alpha value is -2.13. The molecule has 0 spiro atoms. The molecule has 3 nitrogen and oxygen atoms in total. The predicted octanol–water partition coefficient (Wildman–Crippen LogP) is 3.29. The highest BCUT2D eigenvalue weighted by atomic mass is 16.3. The summed E-state index contributed by atoms with van der Waals surface area (Å²) < 4.78 is 0. The maximum absolute atomic E-state index is 12.4. The van der Waals surface area contributed by atoms with Gasteiger partial charge in [0.15, 0.2) is 0 Å². The highest BCUT2D eigenvalue weighted by molar-refractivity contribution is 5.94. The number of nitrogens with one attached hydrogen (secondary N) is 1. The summed E-state index contributed by atoms with van der Waals surface area (Å²) in [7, 11) is 0. The second-order valence-corrected chi connectivity index (χ2v) is 6.45. The Bertz CT molecular complexity index is 641. The Morgan fingerprint density at radius 3 is 2.39 bits per heavy atom. The van der Waals surface area contributed by atoms with Gasteiger partial charge in [0.25, 0.3) is 5.91 Å². The predicted molar refractivity (Wildman–Crippen MR) is 91.4 cm³/mol. The molecule has 1 fully saturated rings. The lowest BCUT2D eigenvalue weighted by Gasteiger charge is -2.40. The molecular weight excluding hydrogens is 286 g/mol. The third-order valence-electron chi connectivity index (χ3n) is 4.83. The number of rotatable bonds is 4. The van der Waals surface area contributed by atoms with E-state index in [1.807, 2.05) is 48.5 Å². The molecule has 1 saturated carbocycles. The van der Waals surface area contributed by atoms with Crippen molar-refractivity contribution in [2.24, 2.45) is 0 Å². The van der Waals surface area contributed by atoms with Crippen LogP contribution in [-0.4, -0.2) is 23.7 Å². The lowest BCUT2D eigenvalue weighted by Crippen LogP contribution is -2.45. The molecule has 1 amide bonds. The summed E-state index contributed by atoms with van der Waals surface area (Å²) in [5.41, 5.74) is 1.70. The maximum atomic E-state index is 12.4. The summed E-state index contributed by atoms with van der Waals surface area (Å²) >= 11 is 0. The second-order valence-electron chi connectivity index (χ2n) is 6.45. The fourth-order valence-corrected chi connectivity index (χ4v) is 3.59. The lowest BCUT2D eigenvalue weighted by atomic mass is 9.68. The zero-order valence-corrected chi connectivity index (χ0v) is 13.2. The SMILES string of the molecule is O=C(NCC1(c2ccccc2)CCCC(O)C1)c1ccccc1. The zero-order valence-electron chi connectivity index (χ0n) is 13.2. The standard InChI is InChI=1S/C20H23NO2/c22-18-12-7-13-20(14-18,17-10-5-2-6-11-17)15-21-19(23)16-8-3-1-4-9-16/h1-6,8-11,18,22H,7,12-15H2,(H,21,23).